The number of hydrogen-bond donors (Lipinski definition) is 1. The molecule has 0 aliphatic rings. The van der Waals surface area contributed by atoms with Gasteiger partial charge in [-0.05, 0) is 12.8 Å². The largest absolute Gasteiger partial charge is 0.516 e. The number of aliphatic hydroxyl groups is 1. The van der Waals surface area contributed by atoms with Crippen molar-refractivity contribution in [2.75, 3.05) is 5.33 Å². The van der Waals surface area contributed by atoms with Crippen LogP contribution in [0, 0.1) is 0 Å². The zero-order chi connectivity index (χ0) is 5.54. The lowest BCUT2D eigenvalue weighted by Crippen LogP contribution is -1.68. The zero-order valence-electron chi connectivity index (χ0n) is 4.10. The number of allylic oxidation sites excluding steroid dienone is 1. The smallest absolute Gasteiger partial charge is 0.0751 e. The van der Waals surface area contributed by atoms with Crippen molar-refractivity contribution in [3.63, 3.8) is 0 Å². The molecule has 0 aromatic rings. The summed E-state index contributed by atoms with van der Waals surface area (Å²) in [5.41, 5.74) is 0. The molecule has 0 aliphatic carbocycles. The Balaban J connectivity index is 2.69. The molecule has 0 aromatic carbocycles. The normalized spacial score (nSPS) is 10.4. The maximum absolute atomic E-state index is 8.10. The Morgan fingerprint density at radius 1 is 1.57 bits per heavy atom. The van der Waals surface area contributed by atoms with E-state index in [1.165, 1.54) is 0 Å². The maximum Gasteiger partial charge on any atom is 0.0751 e. The van der Waals surface area contributed by atoms with Gasteiger partial charge in [0, 0.05) is 5.33 Å². The van der Waals surface area contributed by atoms with Crippen molar-refractivity contribution < 1.29 is 5.11 Å². The highest BCUT2D eigenvalue weighted by Gasteiger charge is 1.75. The summed E-state index contributed by atoms with van der Waals surface area (Å²) < 4.78 is 0. The van der Waals surface area contributed by atoms with Gasteiger partial charge in [0.05, 0.1) is 6.26 Å². The number of aliphatic hydroxyl groups excluding tert-OH is 1. The van der Waals surface area contributed by atoms with Gasteiger partial charge in [-0.3, -0.25) is 0 Å². The molecule has 0 unspecified atom stereocenters. The van der Waals surface area contributed by atoms with Crippen LogP contribution in [0.5, 0.6) is 0 Å². The van der Waals surface area contributed by atoms with Crippen molar-refractivity contribution in [2.45, 2.75) is 12.8 Å². The van der Waals surface area contributed by atoms with Crippen LogP contribution in [0.1, 0.15) is 12.8 Å². The van der Waals surface area contributed by atoms with Gasteiger partial charge in [0.15, 0.2) is 0 Å². The van der Waals surface area contributed by atoms with Crippen LogP contribution in [-0.4, -0.2) is 10.4 Å². The molecule has 0 aromatic heterocycles. The Kier molecular flexibility index (Phi) is 6.04. The Bertz CT molecular complexity index is 52.0. The third kappa shape index (κ3) is 6.02. The molecule has 0 saturated carbocycles. The number of rotatable bonds is 3. The van der Waals surface area contributed by atoms with Gasteiger partial charge < -0.3 is 5.11 Å². The van der Waals surface area contributed by atoms with Gasteiger partial charge in [0.2, 0.25) is 0 Å². The fourth-order valence-corrected chi connectivity index (χ4v) is 0.593. The topological polar surface area (TPSA) is 20.2 Å². The summed E-state index contributed by atoms with van der Waals surface area (Å²) >= 11 is 3.26. The molecular formula is C5H9BrO. The average molecular weight is 165 g/mol. The Morgan fingerprint density at radius 2 is 2.29 bits per heavy atom. The van der Waals surface area contributed by atoms with Crippen LogP contribution in [0.15, 0.2) is 12.3 Å². The van der Waals surface area contributed by atoms with Gasteiger partial charge in [0.25, 0.3) is 0 Å². The number of alkyl halides is 1. The average Bonchev–Trinajstić information content (AvgIpc) is 1.69. The highest BCUT2D eigenvalue weighted by Crippen LogP contribution is 1.93. The summed E-state index contributed by atoms with van der Waals surface area (Å²) in [6, 6.07) is 0. The lowest BCUT2D eigenvalue weighted by Gasteiger charge is -1.82. The van der Waals surface area contributed by atoms with E-state index in [9.17, 15) is 0 Å². The van der Waals surface area contributed by atoms with Crippen molar-refractivity contribution in [1.29, 1.82) is 0 Å². The minimum atomic E-state index is 0.960. The van der Waals surface area contributed by atoms with Crippen molar-refractivity contribution in [2.24, 2.45) is 0 Å². The highest BCUT2D eigenvalue weighted by molar-refractivity contribution is 9.09. The molecule has 1 N–H and O–H groups in total. The van der Waals surface area contributed by atoms with E-state index in [4.69, 9.17) is 5.11 Å². The molecule has 0 amide bonds. The van der Waals surface area contributed by atoms with Crippen molar-refractivity contribution in [1.82, 2.24) is 0 Å². The fraction of sp³-hybridized carbons (Fsp3) is 0.600. The number of halogens is 1. The summed E-state index contributed by atoms with van der Waals surface area (Å²) in [6.45, 7) is 0. The summed E-state index contributed by atoms with van der Waals surface area (Å²) in [4.78, 5) is 0. The van der Waals surface area contributed by atoms with Crippen LogP contribution in [0.2, 0.25) is 0 Å². The van der Waals surface area contributed by atoms with E-state index in [1.54, 1.807) is 6.08 Å². The minimum Gasteiger partial charge on any atom is -0.516 e. The van der Waals surface area contributed by atoms with Crippen LogP contribution in [0.3, 0.4) is 0 Å². The van der Waals surface area contributed by atoms with E-state index >= 15 is 0 Å². The van der Waals surface area contributed by atoms with E-state index in [0.717, 1.165) is 24.4 Å². The second-order valence-corrected chi connectivity index (χ2v) is 2.01. The Morgan fingerprint density at radius 3 is 2.71 bits per heavy atom. The van der Waals surface area contributed by atoms with E-state index in [1.807, 2.05) is 0 Å². The van der Waals surface area contributed by atoms with Gasteiger partial charge in [-0.2, -0.15) is 0 Å². The van der Waals surface area contributed by atoms with Crippen molar-refractivity contribution >= 4 is 15.9 Å². The van der Waals surface area contributed by atoms with E-state index in [2.05, 4.69) is 15.9 Å². The third-order valence-electron chi connectivity index (χ3n) is 0.610. The molecule has 0 saturated heterocycles. The molecule has 0 heterocycles. The lowest BCUT2D eigenvalue weighted by atomic mass is 10.3. The van der Waals surface area contributed by atoms with E-state index < -0.39 is 0 Å². The number of hydrogen-bond acceptors (Lipinski definition) is 1. The van der Waals surface area contributed by atoms with E-state index in [0.29, 0.717) is 0 Å². The Labute approximate surface area is 52.2 Å². The molecule has 0 rings (SSSR count). The standard InChI is InChI=1S/C5H9BrO/c6-4-2-1-3-5-7/h3,5,7H,1-2,4H2. The molecule has 0 radical (unpaired) electrons. The summed E-state index contributed by atoms with van der Waals surface area (Å²) in [6.07, 6.45) is 4.88. The SMILES string of the molecule is OC=CCCCBr. The molecule has 0 spiro atoms. The quantitative estimate of drug-likeness (QED) is 0.386. The monoisotopic (exact) mass is 164 g/mol. The molecule has 7 heavy (non-hydrogen) atoms. The molecule has 42 valence electrons. The van der Waals surface area contributed by atoms with Gasteiger partial charge in [0.1, 0.15) is 0 Å². The third-order valence-corrected chi connectivity index (χ3v) is 1.17. The second kappa shape index (κ2) is 6.02. The zero-order valence-corrected chi connectivity index (χ0v) is 5.69. The first-order valence-corrected chi connectivity index (χ1v) is 3.39. The molecule has 1 nitrogen and oxygen atoms in total. The molecule has 0 fully saturated rings. The van der Waals surface area contributed by atoms with Crippen LogP contribution >= 0.6 is 15.9 Å². The lowest BCUT2D eigenvalue weighted by molar-refractivity contribution is 0.470. The first-order chi connectivity index (χ1) is 3.41. The first-order valence-electron chi connectivity index (χ1n) is 2.27. The van der Waals surface area contributed by atoms with Crippen LogP contribution < -0.4 is 0 Å². The van der Waals surface area contributed by atoms with Crippen molar-refractivity contribution in [3.05, 3.63) is 12.3 Å². The molecular weight excluding hydrogens is 156 g/mol. The van der Waals surface area contributed by atoms with Gasteiger partial charge in [-0.15, -0.1) is 0 Å². The first kappa shape index (κ1) is 7.02. The summed E-state index contributed by atoms with van der Waals surface area (Å²) in [5, 5.41) is 9.11. The van der Waals surface area contributed by atoms with Crippen LogP contribution in [0.4, 0.5) is 0 Å². The Hall–Kier alpha value is 0.0200. The van der Waals surface area contributed by atoms with E-state index in [-0.39, 0.29) is 0 Å². The predicted octanol–water partition coefficient (Wildman–Crippen LogP) is 2.23. The molecule has 2 heteroatoms. The molecule has 0 atom stereocenters. The second-order valence-electron chi connectivity index (χ2n) is 1.22. The van der Waals surface area contributed by atoms with Gasteiger partial charge >= 0.3 is 0 Å². The van der Waals surface area contributed by atoms with Gasteiger partial charge in [-0.1, -0.05) is 22.0 Å². The van der Waals surface area contributed by atoms with Crippen LogP contribution in [-0.2, 0) is 0 Å². The van der Waals surface area contributed by atoms with Crippen LogP contribution in [0.25, 0.3) is 0 Å². The fourth-order valence-electron chi connectivity index (χ4n) is 0.270. The summed E-state index contributed by atoms with van der Waals surface area (Å²) in [5.74, 6) is 0. The molecule has 0 aliphatic heterocycles. The predicted molar refractivity (Wildman–Crippen MR) is 34.8 cm³/mol. The minimum absolute atomic E-state index is 0.960. The highest BCUT2D eigenvalue weighted by atomic mass is 79.9. The van der Waals surface area contributed by atoms with Gasteiger partial charge in [-0.25, -0.2) is 0 Å². The number of unbranched alkanes of at least 4 members (excludes halogenated alkanes) is 1. The van der Waals surface area contributed by atoms with Crippen molar-refractivity contribution in [3.8, 4) is 0 Å². The maximum atomic E-state index is 8.10. The molecule has 0 bridgehead atoms. The summed E-state index contributed by atoms with van der Waals surface area (Å²) in [7, 11) is 0.